The SMILES string of the molecule is CCC(=O)Nc1cc(NC(=O)NC[C@@H]2C[C@H](F)CN2)ccc1OC. The predicted molar refractivity (Wildman–Crippen MR) is 90.2 cm³/mol. The number of nitrogens with one attached hydrogen (secondary N) is 4. The molecule has 1 aliphatic rings. The van der Waals surface area contributed by atoms with E-state index >= 15 is 0 Å². The molecule has 1 aromatic carbocycles. The van der Waals surface area contributed by atoms with Gasteiger partial charge in [0.1, 0.15) is 11.9 Å². The number of carbonyl (C=O) groups excluding carboxylic acids is 2. The molecule has 132 valence electrons. The van der Waals surface area contributed by atoms with Gasteiger partial charge in [-0.3, -0.25) is 4.79 Å². The third-order valence-corrected chi connectivity index (χ3v) is 3.73. The van der Waals surface area contributed by atoms with E-state index in [1.165, 1.54) is 7.11 Å². The molecule has 0 saturated carbocycles. The van der Waals surface area contributed by atoms with Crippen molar-refractivity contribution in [1.82, 2.24) is 10.6 Å². The molecule has 4 N–H and O–H groups in total. The van der Waals surface area contributed by atoms with Crippen LogP contribution in [0.15, 0.2) is 18.2 Å². The number of urea groups is 1. The van der Waals surface area contributed by atoms with Crippen LogP contribution in [-0.2, 0) is 4.79 Å². The van der Waals surface area contributed by atoms with E-state index in [2.05, 4.69) is 21.3 Å². The zero-order chi connectivity index (χ0) is 17.5. The van der Waals surface area contributed by atoms with Crippen molar-refractivity contribution in [3.8, 4) is 5.75 Å². The first-order valence-electron chi connectivity index (χ1n) is 7.92. The van der Waals surface area contributed by atoms with E-state index in [1.54, 1.807) is 25.1 Å². The van der Waals surface area contributed by atoms with E-state index in [4.69, 9.17) is 4.74 Å². The minimum atomic E-state index is -0.855. The van der Waals surface area contributed by atoms with Gasteiger partial charge in [-0.05, 0) is 24.6 Å². The highest BCUT2D eigenvalue weighted by atomic mass is 19.1. The lowest BCUT2D eigenvalue weighted by Gasteiger charge is -2.14. The van der Waals surface area contributed by atoms with Crippen LogP contribution in [0.3, 0.4) is 0 Å². The summed E-state index contributed by atoms with van der Waals surface area (Å²) in [6, 6.07) is 4.51. The van der Waals surface area contributed by atoms with Gasteiger partial charge in [0.05, 0.1) is 12.8 Å². The molecule has 0 aliphatic carbocycles. The second-order valence-corrected chi connectivity index (χ2v) is 5.59. The summed E-state index contributed by atoms with van der Waals surface area (Å²) >= 11 is 0. The third-order valence-electron chi connectivity index (χ3n) is 3.73. The summed E-state index contributed by atoms with van der Waals surface area (Å²) in [6.07, 6.45) is -0.118. The molecule has 0 bridgehead atoms. The van der Waals surface area contributed by atoms with Gasteiger partial charge in [0.2, 0.25) is 5.91 Å². The number of benzene rings is 1. The minimum absolute atomic E-state index is 0.0546. The number of hydrogen-bond acceptors (Lipinski definition) is 4. The second kappa shape index (κ2) is 8.49. The van der Waals surface area contributed by atoms with Crippen LogP contribution >= 0.6 is 0 Å². The molecule has 24 heavy (non-hydrogen) atoms. The van der Waals surface area contributed by atoms with Crippen molar-refractivity contribution in [2.24, 2.45) is 0 Å². The maximum absolute atomic E-state index is 13.1. The lowest BCUT2D eigenvalue weighted by Crippen LogP contribution is -2.39. The number of carbonyl (C=O) groups is 2. The Morgan fingerprint density at radius 1 is 1.38 bits per heavy atom. The van der Waals surface area contributed by atoms with Gasteiger partial charge in [0, 0.05) is 31.2 Å². The quantitative estimate of drug-likeness (QED) is 0.637. The first kappa shape index (κ1) is 18.0. The average molecular weight is 338 g/mol. The highest BCUT2D eigenvalue weighted by Gasteiger charge is 2.23. The van der Waals surface area contributed by atoms with Crippen LogP contribution in [0.1, 0.15) is 19.8 Å². The molecule has 7 nitrogen and oxygen atoms in total. The van der Waals surface area contributed by atoms with Gasteiger partial charge in [-0.1, -0.05) is 6.92 Å². The molecule has 1 aliphatic heterocycles. The lowest BCUT2D eigenvalue weighted by molar-refractivity contribution is -0.115. The van der Waals surface area contributed by atoms with E-state index in [0.29, 0.717) is 43.1 Å². The van der Waals surface area contributed by atoms with Gasteiger partial charge in [-0.25, -0.2) is 9.18 Å². The summed E-state index contributed by atoms with van der Waals surface area (Å²) in [5.41, 5.74) is 1.00. The molecule has 0 aromatic heterocycles. The van der Waals surface area contributed by atoms with Crippen LogP contribution in [0.2, 0.25) is 0 Å². The third kappa shape index (κ3) is 5.09. The maximum Gasteiger partial charge on any atom is 0.319 e. The first-order chi connectivity index (χ1) is 11.5. The molecule has 1 fully saturated rings. The van der Waals surface area contributed by atoms with Crippen molar-refractivity contribution in [2.75, 3.05) is 30.8 Å². The standard InChI is InChI=1S/C16H23FN4O3/c1-3-15(22)21-13-7-11(4-5-14(13)24-2)20-16(23)19-9-12-6-10(17)8-18-12/h4-5,7,10,12,18H,3,6,8-9H2,1-2H3,(H,21,22)(H2,19,20,23)/t10-,12-/m0/s1. The summed E-state index contributed by atoms with van der Waals surface area (Å²) in [5.74, 6) is 0.356. The number of methoxy groups -OCH3 is 1. The van der Waals surface area contributed by atoms with E-state index in [-0.39, 0.29) is 11.9 Å². The predicted octanol–water partition coefficient (Wildman–Crippen LogP) is 1.87. The molecule has 0 spiro atoms. The Labute approximate surface area is 140 Å². The Morgan fingerprint density at radius 3 is 2.79 bits per heavy atom. The fourth-order valence-electron chi connectivity index (χ4n) is 2.44. The Kier molecular flexibility index (Phi) is 6.36. The van der Waals surface area contributed by atoms with E-state index in [1.807, 2.05) is 0 Å². The highest BCUT2D eigenvalue weighted by molar-refractivity contribution is 5.94. The van der Waals surface area contributed by atoms with E-state index in [9.17, 15) is 14.0 Å². The summed E-state index contributed by atoms with van der Waals surface area (Å²) < 4.78 is 18.2. The largest absolute Gasteiger partial charge is 0.495 e. The number of anilines is 2. The molecule has 0 radical (unpaired) electrons. The number of amides is 3. The highest BCUT2D eigenvalue weighted by Crippen LogP contribution is 2.28. The van der Waals surface area contributed by atoms with Crippen molar-refractivity contribution in [3.05, 3.63) is 18.2 Å². The van der Waals surface area contributed by atoms with Crippen molar-refractivity contribution < 1.29 is 18.7 Å². The van der Waals surface area contributed by atoms with Gasteiger partial charge < -0.3 is 26.0 Å². The molecule has 2 rings (SSSR count). The van der Waals surface area contributed by atoms with Gasteiger partial charge >= 0.3 is 6.03 Å². The fourth-order valence-corrected chi connectivity index (χ4v) is 2.44. The van der Waals surface area contributed by atoms with Gasteiger partial charge in [0.25, 0.3) is 0 Å². The van der Waals surface area contributed by atoms with Crippen LogP contribution in [-0.4, -0.2) is 44.4 Å². The van der Waals surface area contributed by atoms with Crippen molar-refractivity contribution in [2.45, 2.75) is 32.0 Å². The summed E-state index contributed by atoms with van der Waals surface area (Å²) in [4.78, 5) is 23.5. The molecule has 1 heterocycles. The Balaban J connectivity index is 1.92. The van der Waals surface area contributed by atoms with E-state index < -0.39 is 12.2 Å². The number of hydrogen-bond donors (Lipinski definition) is 4. The Bertz CT molecular complexity index is 597. The lowest BCUT2D eigenvalue weighted by atomic mass is 10.2. The number of rotatable bonds is 6. The van der Waals surface area contributed by atoms with Crippen LogP contribution in [0, 0.1) is 0 Å². The molecular formula is C16H23FN4O3. The van der Waals surface area contributed by atoms with E-state index in [0.717, 1.165) is 0 Å². The minimum Gasteiger partial charge on any atom is -0.495 e. The molecule has 1 aromatic rings. The summed E-state index contributed by atoms with van der Waals surface area (Å²) in [6.45, 7) is 2.42. The maximum atomic E-state index is 13.1. The van der Waals surface area contributed by atoms with Crippen molar-refractivity contribution in [1.29, 1.82) is 0 Å². The van der Waals surface area contributed by atoms with Gasteiger partial charge in [0.15, 0.2) is 0 Å². The molecule has 0 unspecified atom stereocenters. The Morgan fingerprint density at radius 2 is 2.17 bits per heavy atom. The molecule has 3 amide bonds. The van der Waals surface area contributed by atoms with Crippen LogP contribution in [0.4, 0.5) is 20.6 Å². The van der Waals surface area contributed by atoms with Crippen molar-refractivity contribution in [3.63, 3.8) is 0 Å². The van der Waals surface area contributed by atoms with Gasteiger partial charge in [-0.2, -0.15) is 0 Å². The van der Waals surface area contributed by atoms with Crippen LogP contribution in [0.25, 0.3) is 0 Å². The molecule has 8 heteroatoms. The number of alkyl halides is 1. The zero-order valence-electron chi connectivity index (χ0n) is 13.8. The average Bonchev–Trinajstić information content (AvgIpc) is 2.98. The Hall–Kier alpha value is -2.35. The van der Waals surface area contributed by atoms with Crippen LogP contribution in [0.5, 0.6) is 5.75 Å². The smallest absolute Gasteiger partial charge is 0.319 e. The number of halogens is 1. The molecule has 1 saturated heterocycles. The molecular weight excluding hydrogens is 315 g/mol. The molecule has 2 atom stereocenters. The van der Waals surface area contributed by atoms with Crippen molar-refractivity contribution >= 4 is 23.3 Å². The normalized spacial score (nSPS) is 19.6. The first-order valence-corrected chi connectivity index (χ1v) is 7.92. The number of ether oxygens (including phenoxy) is 1. The second-order valence-electron chi connectivity index (χ2n) is 5.59. The summed E-state index contributed by atoms with van der Waals surface area (Å²) in [7, 11) is 1.50. The summed E-state index contributed by atoms with van der Waals surface area (Å²) in [5, 5.41) is 11.1. The zero-order valence-corrected chi connectivity index (χ0v) is 13.8. The topological polar surface area (TPSA) is 91.5 Å². The fraction of sp³-hybridized carbons (Fsp3) is 0.500. The monoisotopic (exact) mass is 338 g/mol. The van der Waals surface area contributed by atoms with Gasteiger partial charge in [-0.15, -0.1) is 0 Å². The van der Waals surface area contributed by atoms with Crippen LogP contribution < -0.4 is 26.0 Å².